The van der Waals surface area contributed by atoms with E-state index in [9.17, 15) is 0 Å². The summed E-state index contributed by atoms with van der Waals surface area (Å²) in [5.41, 5.74) is 2.21. The van der Waals surface area contributed by atoms with Crippen molar-refractivity contribution in [3.05, 3.63) is 42.3 Å². The molecule has 1 atom stereocenters. The Morgan fingerprint density at radius 1 is 1.33 bits per heavy atom. The van der Waals surface area contributed by atoms with Crippen LogP contribution in [-0.4, -0.2) is 7.11 Å². The number of methoxy groups -OCH3 is 1. The maximum absolute atomic E-state index is 5.18. The number of hydrogen-bond donors (Lipinski definition) is 0. The zero-order valence-electron chi connectivity index (χ0n) is 7.58. The zero-order chi connectivity index (χ0) is 8.27. The Kier molecular flexibility index (Phi) is 5.81. The summed E-state index contributed by atoms with van der Waals surface area (Å²) in [5.74, 6) is 0. The van der Waals surface area contributed by atoms with Crippen LogP contribution < -0.4 is 0 Å². The van der Waals surface area contributed by atoms with E-state index in [-0.39, 0.29) is 38.8 Å². The minimum atomic E-state index is 0. The largest absolute Gasteiger partial charge is 0.389 e. The third kappa shape index (κ3) is 2.89. The van der Waals surface area contributed by atoms with Crippen molar-refractivity contribution in [2.24, 2.45) is 0 Å². The molecule has 2 heteroatoms. The maximum atomic E-state index is 5.18. The molecular formula is C10H13OY-. The summed E-state index contributed by atoms with van der Waals surface area (Å²) in [4.78, 5) is 0. The van der Waals surface area contributed by atoms with Gasteiger partial charge in [0.15, 0.2) is 0 Å². The first kappa shape index (κ1) is 12.2. The average molecular weight is 238 g/mol. The summed E-state index contributed by atoms with van der Waals surface area (Å²) in [5, 5.41) is 0. The summed E-state index contributed by atoms with van der Waals surface area (Å²) >= 11 is 0. The Morgan fingerprint density at radius 3 is 2.42 bits per heavy atom. The van der Waals surface area contributed by atoms with Crippen LogP contribution in [0.2, 0.25) is 0 Å². The Hall–Kier alpha value is 0.154. The molecule has 0 bridgehead atoms. The van der Waals surface area contributed by atoms with Gasteiger partial charge in [-0.15, -0.1) is 17.7 Å². The van der Waals surface area contributed by atoms with Crippen LogP contribution in [0, 0.1) is 6.92 Å². The summed E-state index contributed by atoms with van der Waals surface area (Å²) in [7, 11) is 1.71. The maximum Gasteiger partial charge on any atom is 0.0359 e. The number of hydrogen-bond acceptors (Lipinski definition) is 1. The second-order valence-electron chi connectivity index (χ2n) is 2.58. The molecule has 0 aromatic heterocycles. The van der Waals surface area contributed by atoms with Gasteiger partial charge in [-0.2, -0.15) is 18.6 Å². The van der Waals surface area contributed by atoms with Crippen molar-refractivity contribution in [3.63, 3.8) is 0 Å². The third-order valence-corrected chi connectivity index (χ3v) is 1.85. The van der Waals surface area contributed by atoms with Gasteiger partial charge in [0.1, 0.15) is 0 Å². The molecule has 1 nitrogen and oxygen atoms in total. The minimum Gasteiger partial charge on any atom is -0.389 e. The van der Waals surface area contributed by atoms with Crippen LogP contribution in [0.1, 0.15) is 24.2 Å². The van der Waals surface area contributed by atoms with E-state index in [0.29, 0.717) is 0 Å². The summed E-state index contributed by atoms with van der Waals surface area (Å²) in [6.07, 6.45) is 0.142. The summed E-state index contributed by atoms with van der Waals surface area (Å²) in [6.45, 7) is 5.93. The standard InChI is InChI=1S/C10H13O.Y/c1-8-6-4-5-7-10(8)9(2)11-3;/h4-7,9H,1H2,2-3H3;/q-1;. The van der Waals surface area contributed by atoms with Crippen molar-refractivity contribution < 1.29 is 37.4 Å². The van der Waals surface area contributed by atoms with Gasteiger partial charge >= 0.3 is 0 Å². The Labute approximate surface area is 99.4 Å². The molecule has 1 radical (unpaired) electrons. The normalized spacial score (nSPS) is 11.8. The van der Waals surface area contributed by atoms with Gasteiger partial charge in [0.25, 0.3) is 0 Å². The van der Waals surface area contributed by atoms with E-state index in [1.54, 1.807) is 7.11 Å². The van der Waals surface area contributed by atoms with Crippen LogP contribution in [0.15, 0.2) is 24.3 Å². The fourth-order valence-electron chi connectivity index (χ4n) is 1.06. The second kappa shape index (κ2) is 5.74. The first-order valence-electron chi connectivity index (χ1n) is 3.69. The molecule has 12 heavy (non-hydrogen) atoms. The molecule has 1 unspecified atom stereocenters. The molecule has 0 fully saturated rings. The van der Waals surface area contributed by atoms with Crippen molar-refractivity contribution in [1.82, 2.24) is 0 Å². The van der Waals surface area contributed by atoms with Gasteiger partial charge in [0.05, 0.1) is 0 Å². The van der Waals surface area contributed by atoms with Gasteiger partial charge in [0, 0.05) is 45.9 Å². The van der Waals surface area contributed by atoms with Gasteiger partial charge < -0.3 is 4.74 Å². The van der Waals surface area contributed by atoms with Gasteiger partial charge in [-0.05, 0) is 6.92 Å². The van der Waals surface area contributed by atoms with Gasteiger partial charge in [-0.25, -0.2) is 0 Å². The summed E-state index contributed by atoms with van der Waals surface area (Å²) < 4.78 is 5.18. The third-order valence-electron chi connectivity index (χ3n) is 1.85. The van der Waals surface area contributed by atoms with E-state index in [2.05, 4.69) is 6.92 Å². The SMILES string of the molecule is [CH2-]c1ccccc1C(C)OC.[Y]. The first-order chi connectivity index (χ1) is 5.25. The predicted molar refractivity (Wildman–Crippen MR) is 46.3 cm³/mol. The molecule has 0 aliphatic carbocycles. The van der Waals surface area contributed by atoms with Gasteiger partial charge in [-0.1, -0.05) is 6.07 Å². The van der Waals surface area contributed by atoms with Crippen LogP contribution in [0.25, 0.3) is 0 Å². The Morgan fingerprint density at radius 2 is 1.92 bits per heavy atom. The molecule has 0 heterocycles. The molecule has 0 N–H and O–H groups in total. The minimum absolute atomic E-state index is 0. The molecule has 0 aliphatic heterocycles. The van der Waals surface area contributed by atoms with Crippen molar-refractivity contribution in [2.45, 2.75) is 13.0 Å². The van der Waals surface area contributed by atoms with Crippen LogP contribution >= 0.6 is 0 Å². The topological polar surface area (TPSA) is 9.23 Å². The number of ether oxygens (including phenoxy) is 1. The van der Waals surface area contributed by atoms with Gasteiger partial charge in [-0.3, -0.25) is 0 Å². The van der Waals surface area contributed by atoms with Crippen LogP contribution in [0.3, 0.4) is 0 Å². The molecular weight excluding hydrogens is 225 g/mol. The molecule has 0 saturated heterocycles. The van der Waals surface area contributed by atoms with Crippen molar-refractivity contribution in [1.29, 1.82) is 0 Å². The Bertz CT molecular complexity index is 235. The monoisotopic (exact) mass is 238 g/mol. The number of rotatable bonds is 2. The van der Waals surface area contributed by atoms with E-state index >= 15 is 0 Å². The molecule has 0 spiro atoms. The molecule has 0 saturated carbocycles. The number of benzene rings is 1. The molecule has 0 amide bonds. The van der Waals surface area contributed by atoms with E-state index < -0.39 is 0 Å². The zero-order valence-corrected chi connectivity index (χ0v) is 10.4. The quantitative estimate of drug-likeness (QED) is 0.719. The van der Waals surface area contributed by atoms with Crippen LogP contribution in [0.5, 0.6) is 0 Å². The predicted octanol–water partition coefficient (Wildman–Crippen LogP) is 2.57. The second-order valence-corrected chi connectivity index (χ2v) is 2.58. The summed E-state index contributed by atoms with van der Waals surface area (Å²) in [6, 6.07) is 8.01. The molecule has 1 aromatic rings. The molecule has 1 aromatic carbocycles. The van der Waals surface area contributed by atoms with E-state index in [1.165, 1.54) is 0 Å². The van der Waals surface area contributed by atoms with Crippen molar-refractivity contribution in [2.75, 3.05) is 7.11 Å². The van der Waals surface area contributed by atoms with Crippen molar-refractivity contribution in [3.8, 4) is 0 Å². The average Bonchev–Trinajstić information content (AvgIpc) is 2.04. The van der Waals surface area contributed by atoms with Gasteiger partial charge in [0.2, 0.25) is 0 Å². The van der Waals surface area contributed by atoms with Crippen LogP contribution in [0.4, 0.5) is 0 Å². The molecule has 63 valence electrons. The van der Waals surface area contributed by atoms with E-state index in [4.69, 9.17) is 4.74 Å². The van der Waals surface area contributed by atoms with Crippen molar-refractivity contribution >= 4 is 0 Å². The first-order valence-corrected chi connectivity index (χ1v) is 3.69. The smallest absolute Gasteiger partial charge is 0.0359 e. The Balaban J connectivity index is 0.00000121. The van der Waals surface area contributed by atoms with E-state index in [1.807, 2.05) is 31.2 Å². The fourth-order valence-corrected chi connectivity index (χ4v) is 1.06. The molecule has 0 aliphatic rings. The van der Waals surface area contributed by atoms with E-state index in [0.717, 1.165) is 11.1 Å². The van der Waals surface area contributed by atoms with Crippen LogP contribution in [-0.2, 0) is 37.4 Å². The fraction of sp³-hybridized carbons (Fsp3) is 0.300. The molecule has 1 rings (SSSR count).